The van der Waals surface area contributed by atoms with Gasteiger partial charge in [-0.1, -0.05) is 44.2 Å². The molecule has 0 N–H and O–H groups in total. The van der Waals surface area contributed by atoms with Gasteiger partial charge < -0.3 is 9.14 Å². The Labute approximate surface area is 202 Å². The summed E-state index contributed by atoms with van der Waals surface area (Å²) in [5, 5.41) is 0. The normalized spacial score (nSPS) is 20.9. The van der Waals surface area contributed by atoms with E-state index in [-0.39, 0.29) is 18.2 Å². The first-order chi connectivity index (χ1) is 16.2. The zero-order chi connectivity index (χ0) is 24.0. The van der Waals surface area contributed by atoms with Gasteiger partial charge >= 0.3 is 6.09 Å². The Kier molecular flexibility index (Phi) is 5.88. The third kappa shape index (κ3) is 4.43. The van der Waals surface area contributed by atoms with Gasteiger partial charge in [0.15, 0.2) is 0 Å². The van der Waals surface area contributed by atoms with E-state index in [4.69, 9.17) is 9.72 Å². The molecule has 6 heteroatoms. The van der Waals surface area contributed by atoms with Crippen LogP contribution in [0.15, 0.2) is 48.7 Å². The molecule has 2 saturated heterocycles. The predicted molar refractivity (Wildman–Crippen MR) is 135 cm³/mol. The number of rotatable bonds is 4. The van der Waals surface area contributed by atoms with Gasteiger partial charge in [0.25, 0.3) is 0 Å². The number of carbonyl (C=O) groups is 1. The van der Waals surface area contributed by atoms with E-state index >= 15 is 0 Å². The van der Waals surface area contributed by atoms with E-state index in [1.807, 2.05) is 31.7 Å². The molecule has 2 aliphatic rings. The number of fused-ring (bicyclic) bond motifs is 3. The summed E-state index contributed by atoms with van der Waals surface area (Å²) in [4.78, 5) is 22.4. The second-order valence-corrected chi connectivity index (χ2v) is 11.1. The van der Waals surface area contributed by atoms with Crippen molar-refractivity contribution in [3.63, 3.8) is 0 Å². The van der Waals surface area contributed by atoms with Gasteiger partial charge in [0.05, 0.1) is 11.4 Å². The van der Waals surface area contributed by atoms with Crippen LogP contribution in [0.2, 0.25) is 0 Å². The molecule has 0 radical (unpaired) electrons. The molecule has 0 saturated carbocycles. The number of imidazole rings is 1. The van der Waals surface area contributed by atoms with Crippen molar-refractivity contribution in [1.29, 1.82) is 0 Å². The Bertz CT molecular complexity index is 1160. The first-order valence-electron chi connectivity index (χ1n) is 12.5. The molecule has 1 amide bonds. The van der Waals surface area contributed by atoms with Crippen LogP contribution in [0, 0.1) is 0 Å². The predicted octanol–water partition coefficient (Wildman–Crippen LogP) is 5.71. The average Bonchev–Trinajstić information content (AvgIpc) is 3.27. The maximum Gasteiger partial charge on any atom is 0.410 e. The minimum atomic E-state index is -0.468. The minimum Gasteiger partial charge on any atom is -0.444 e. The molecule has 180 valence electrons. The van der Waals surface area contributed by atoms with Gasteiger partial charge in [0.2, 0.25) is 0 Å². The van der Waals surface area contributed by atoms with E-state index in [0.29, 0.717) is 5.92 Å². The second-order valence-electron chi connectivity index (χ2n) is 11.1. The topological polar surface area (TPSA) is 50.1 Å². The van der Waals surface area contributed by atoms with Crippen molar-refractivity contribution in [2.24, 2.45) is 0 Å². The third-order valence-corrected chi connectivity index (χ3v) is 7.02. The van der Waals surface area contributed by atoms with Crippen LogP contribution in [-0.4, -0.2) is 56.1 Å². The molecule has 34 heavy (non-hydrogen) atoms. The van der Waals surface area contributed by atoms with E-state index in [1.165, 1.54) is 11.3 Å². The van der Waals surface area contributed by atoms with E-state index in [2.05, 4.69) is 65.7 Å². The van der Waals surface area contributed by atoms with Crippen molar-refractivity contribution in [2.75, 3.05) is 13.1 Å². The Morgan fingerprint density at radius 3 is 2.35 bits per heavy atom. The molecule has 2 unspecified atom stereocenters. The van der Waals surface area contributed by atoms with Crippen LogP contribution >= 0.6 is 0 Å². The fourth-order valence-electron chi connectivity index (χ4n) is 5.40. The highest BCUT2D eigenvalue weighted by atomic mass is 16.6. The monoisotopic (exact) mass is 460 g/mol. The van der Waals surface area contributed by atoms with Crippen LogP contribution in [0.25, 0.3) is 16.9 Å². The smallest absolute Gasteiger partial charge is 0.410 e. The fourth-order valence-corrected chi connectivity index (χ4v) is 5.40. The number of aromatic nitrogens is 2. The largest absolute Gasteiger partial charge is 0.444 e. The third-order valence-electron chi connectivity index (χ3n) is 7.02. The zero-order valence-electron chi connectivity index (χ0n) is 21.0. The van der Waals surface area contributed by atoms with E-state index < -0.39 is 5.60 Å². The molecule has 2 bridgehead atoms. The maximum absolute atomic E-state index is 12.9. The van der Waals surface area contributed by atoms with E-state index in [0.717, 1.165) is 49.4 Å². The van der Waals surface area contributed by atoms with Gasteiger partial charge in [-0.2, -0.15) is 0 Å². The highest BCUT2D eigenvalue weighted by Gasteiger charge is 2.44. The lowest BCUT2D eigenvalue weighted by Crippen LogP contribution is -2.56. The number of benzene rings is 1. The van der Waals surface area contributed by atoms with Crippen LogP contribution in [0.4, 0.5) is 4.79 Å². The van der Waals surface area contributed by atoms with Crippen molar-refractivity contribution in [2.45, 2.75) is 77.6 Å². The summed E-state index contributed by atoms with van der Waals surface area (Å²) in [5.41, 5.74) is 5.24. The number of hydrogen-bond acceptors (Lipinski definition) is 4. The van der Waals surface area contributed by atoms with Crippen molar-refractivity contribution >= 4 is 11.7 Å². The van der Waals surface area contributed by atoms with Crippen molar-refractivity contribution in [3.05, 3.63) is 59.9 Å². The van der Waals surface area contributed by atoms with Crippen molar-refractivity contribution < 1.29 is 9.53 Å². The van der Waals surface area contributed by atoms with Gasteiger partial charge in [0, 0.05) is 43.5 Å². The van der Waals surface area contributed by atoms with Crippen LogP contribution in [-0.2, 0) is 11.3 Å². The Balaban J connectivity index is 1.41. The number of ether oxygens (including phenoxy) is 1. The minimum absolute atomic E-state index is 0.166. The van der Waals surface area contributed by atoms with Crippen LogP contribution < -0.4 is 0 Å². The highest BCUT2D eigenvalue weighted by Crippen LogP contribution is 2.34. The number of piperazine rings is 1. The number of hydrogen-bond donors (Lipinski definition) is 0. The molecule has 6 nitrogen and oxygen atoms in total. The molecule has 2 fully saturated rings. The lowest BCUT2D eigenvalue weighted by Gasteiger charge is -2.41. The van der Waals surface area contributed by atoms with Gasteiger partial charge in [-0.25, -0.2) is 9.78 Å². The second kappa shape index (κ2) is 8.73. The number of likely N-dealkylation sites (tertiary alicyclic amines) is 1. The summed E-state index contributed by atoms with van der Waals surface area (Å²) in [6.07, 6.45) is 4.02. The quantitative estimate of drug-likeness (QED) is 0.500. The summed E-state index contributed by atoms with van der Waals surface area (Å²) in [5.74, 6) is 0.506. The summed E-state index contributed by atoms with van der Waals surface area (Å²) < 4.78 is 7.93. The molecular weight excluding hydrogens is 424 g/mol. The van der Waals surface area contributed by atoms with E-state index in [9.17, 15) is 4.79 Å². The maximum atomic E-state index is 12.9. The summed E-state index contributed by atoms with van der Waals surface area (Å²) in [6, 6.07) is 15.4. The van der Waals surface area contributed by atoms with Gasteiger partial charge in [0.1, 0.15) is 11.2 Å². The van der Waals surface area contributed by atoms with E-state index in [1.54, 1.807) is 0 Å². The average molecular weight is 461 g/mol. The molecular formula is C28H36N4O2. The van der Waals surface area contributed by atoms with Gasteiger partial charge in [-0.05, 0) is 57.2 Å². The standard InChI is InChI=1S/C28H36N4O2/c1-19(2)20-9-11-21(12-10-20)26-24(31-15-7-6-8-25(31)29-26)18-30-16-22-13-14-23(17-30)32(22)27(33)34-28(3,4)5/h6-12,15,19,22-23H,13-14,16-18H2,1-5H3. The van der Waals surface area contributed by atoms with Crippen LogP contribution in [0.1, 0.15) is 64.6 Å². The van der Waals surface area contributed by atoms with Gasteiger partial charge in [-0.15, -0.1) is 0 Å². The Morgan fingerprint density at radius 1 is 1.06 bits per heavy atom. The lowest BCUT2D eigenvalue weighted by atomic mass is 10.0. The fraction of sp³-hybridized carbons (Fsp3) is 0.500. The molecule has 2 atom stereocenters. The molecule has 4 heterocycles. The molecule has 5 rings (SSSR count). The first kappa shape index (κ1) is 22.9. The lowest BCUT2D eigenvalue weighted by molar-refractivity contribution is -0.00557. The highest BCUT2D eigenvalue weighted by molar-refractivity contribution is 5.70. The molecule has 2 aromatic heterocycles. The SMILES string of the molecule is CC(C)c1ccc(-c2nc3ccccn3c2CN2CC3CCC(C2)N3C(=O)OC(C)(C)C)cc1. The summed E-state index contributed by atoms with van der Waals surface area (Å²) >= 11 is 0. The Morgan fingerprint density at radius 2 is 1.74 bits per heavy atom. The number of carbonyl (C=O) groups excluding carboxylic acids is 1. The molecule has 0 aliphatic carbocycles. The van der Waals surface area contributed by atoms with Crippen molar-refractivity contribution in [3.8, 4) is 11.3 Å². The number of amides is 1. The first-order valence-corrected chi connectivity index (χ1v) is 12.5. The van der Waals surface area contributed by atoms with Crippen LogP contribution in [0.5, 0.6) is 0 Å². The number of nitrogens with zero attached hydrogens (tertiary/aromatic N) is 4. The molecule has 2 aliphatic heterocycles. The van der Waals surface area contributed by atoms with Gasteiger partial charge in [-0.3, -0.25) is 9.80 Å². The summed E-state index contributed by atoms with van der Waals surface area (Å²) in [6.45, 7) is 12.8. The zero-order valence-corrected chi connectivity index (χ0v) is 21.0. The van der Waals surface area contributed by atoms with Crippen molar-refractivity contribution in [1.82, 2.24) is 19.2 Å². The molecule has 1 aromatic carbocycles. The van der Waals surface area contributed by atoms with Crippen LogP contribution in [0.3, 0.4) is 0 Å². The molecule has 0 spiro atoms. The molecule has 3 aromatic rings. The Hall–Kier alpha value is -2.86. The number of pyridine rings is 1. The summed E-state index contributed by atoms with van der Waals surface area (Å²) in [7, 11) is 0.